The monoisotopic (exact) mass is 230 g/mol. The maximum absolute atomic E-state index is 10.6. The lowest BCUT2D eigenvalue weighted by molar-refractivity contribution is -0.384. The summed E-state index contributed by atoms with van der Waals surface area (Å²) in [4.78, 5) is 12.7. The minimum Gasteiger partial charge on any atom is -0.258 e. The highest BCUT2D eigenvalue weighted by molar-refractivity contribution is 5.48. The van der Waals surface area contributed by atoms with Crippen molar-refractivity contribution in [2.75, 3.05) is 6.54 Å². The van der Waals surface area contributed by atoms with Crippen LogP contribution < -0.4 is 0 Å². The fourth-order valence-corrected chi connectivity index (χ4v) is 1.17. The summed E-state index contributed by atoms with van der Waals surface area (Å²) in [7, 11) is 0. The smallest absolute Gasteiger partial charge is 0.258 e. The summed E-state index contributed by atoms with van der Waals surface area (Å²) in [6, 6.07) is 4.55. The molecular formula is C11H10N4O2. The maximum Gasteiger partial charge on any atom is 0.270 e. The molecule has 0 saturated heterocycles. The second-order valence-corrected chi connectivity index (χ2v) is 3.26. The molecule has 0 aliphatic rings. The van der Waals surface area contributed by atoms with Crippen LogP contribution in [0.5, 0.6) is 0 Å². The third kappa shape index (κ3) is 3.86. The van der Waals surface area contributed by atoms with Gasteiger partial charge in [0.2, 0.25) is 0 Å². The predicted molar refractivity (Wildman–Crippen MR) is 63.3 cm³/mol. The van der Waals surface area contributed by atoms with Crippen LogP contribution in [0.2, 0.25) is 0 Å². The number of rotatable bonds is 3. The first-order valence-electron chi connectivity index (χ1n) is 4.90. The zero-order valence-corrected chi connectivity index (χ0v) is 9.25. The second-order valence-electron chi connectivity index (χ2n) is 3.26. The van der Waals surface area contributed by atoms with Gasteiger partial charge in [0, 0.05) is 35.6 Å². The van der Waals surface area contributed by atoms with Crippen LogP contribution in [0, 0.1) is 28.9 Å². The quantitative estimate of drug-likeness (QED) is 0.152. The average Bonchev–Trinajstić information content (AvgIpc) is 2.30. The summed E-state index contributed by atoms with van der Waals surface area (Å²) in [6.45, 7) is 2.14. The first-order chi connectivity index (χ1) is 8.15. The number of nitrogens with zero attached hydrogens (tertiary/aromatic N) is 4. The van der Waals surface area contributed by atoms with Crippen LogP contribution in [0.1, 0.15) is 17.5 Å². The van der Waals surface area contributed by atoms with Crippen molar-refractivity contribution in [1.82, 2.24) is 0 Å². The van der Waals surface area contributed by atoms with Crippen molar-refractivity contribution in [3.05, 3.63) is 49.9 Å². The van der Waals surface area contributed by atoms with Gasteiger partial charge in [0.15, 0.2) is 0 Å². The van der Waals surface area contributed by atoms with Crippen LogP contribution in [0.4, 0.5) is 5.69 Å². The lowest BCUT2D eigenvalue weighted by Gasteiger charge is -1.97. The number of hydrogen-bond acceptors (Lipinski definition) is 3. The Morgan fingerprint density at radius 1 is 1.59 bits per heavy atom. The van der Waals surface area contributed by atoms with Crippen molar-refractivity contribution in [3.8, 4) is 11.8 Å². The van der Waals surface area contributed by atoms with E-state index in [4.69, 9.17) is 5.53 Å². The van der Waals surface area contributed by atoms with Crippen LogP contribution in [-0.2, 0) is 0 Å². The molecule has 0 bridgehead atoms. The van der Waals surface area contributed by atoms with E-state index in [-0.39, 0.29) is 5.69 Å². The molecule has 0 unspecified atom stereocenters. The number of benzene rings is 1. The Morgan fingerprint density at radius 2 is 2.35 bits per heavy atom. The number of hydrogen-bond donors (Lipinski definition) is 0. The lowest BCUT2D eigenvalue weighted by atomic mass is 10.1. The Hall–Kier alpha value is -2.51. The second kappa shape index (κ2) is 6.16. The molecule has 0 heterocycles. The summed E-state index contributed by atoms with van der Waals surface area (Å²) in [5, 5.41) is 13.9. The lowest BCUT2D eigenvalue weighted by Crippen LogP contribution is -1.90. The Balaban J connectivity index is 2.85. The number of nitro groups is 1. The molecule has 17 heavy (non-hydrogen) atoms. The zero-order valence-electron chi connectivity index (χ0n) is 9.25. The Morgan fingerprint density at radius 3 is 3.00 bits per heavy atom. The molecule has 0 radical (unpaired) electrons. The van der Waals surface area contributed by atoms with Crippen LogP contribution in [0.15, 0.2) is 23.3 Å². The van der Waals surface area contributed by atoms with Crippen molar-refractivity contribution >= 4 is 5.69 Å². The summed E-state index contributed by atoms with van der Waals surface area (Å²) in [5.74, 6) is 5.64. The van der Waals surface area contributed by atoms with Gasteiger partial charge in [0.1, 0.15) is 0 Å². The van der Waals surface area contributed by atoms with E-state index in [0.717, 1.165) is 5.56 Å². The molecule has 1 aromatic carbocycles. The van der Waals surface area contributed by atoms with E-state index in [1.165, 1.54) is 12.1 Å². The molecule has 1 rings (SSSR count). The molecule has 6 nitrogen and oxygen atoms in total. The fourth-order valence-electron chi connectivity index (χ4n) is 1.17. The SMILES string of the molecule is Cc1ccc([N+](=O)[O-])cc1C#CCCN=[N+]=[N-]. The molecule has 0 aliphatic carbocycles. The molecule has 0 spiro atoms. The highest BCUT2D eigenvalue weighted by Gasteiger charge is 2.06. The molecule has 1 aromatic rings. The Labute approximate surface area is 98.0 Å². The van der Waals surface area contributed by atoms with Gasteiger partial charge < -0.3 is 0 Å². The summed E-state index contributed by atoms with van der Waals surface area (Å²) in [5.41, 5.74) is 9.59. The Bertz CT molecular complexity index is 536. The number of nitro benzene ring substituents is 1. The summed E-state index contributed by atoms with van der Waals surface area (Å²) in [6.07, 6.45) is 0.437. The number of non-ortho nitro benzene ring substituents is 1. The van der Waals surface area contributed by atoms with Gasteiger partial charge in [-0.2, -0.15) is 0 Å². The van der Waals surface area contributed by atoms with Gasteiger partial charge in [0.05, 0.1) is 4.92 Å². The molecule has 0 fully saturated rings. The standard InChI is InChI=1S/C11H10N4O2/c1-9-5-6-11(15(16)17)8-10(9)4-2-3-7-13-14-12/h5-6,8H,3,7H2,1H3. The predicted octanol–water partition coefficient (Wildman–Crippen LogP) is 2.96. The zero-order chi connectivity index (χ0) is 12.7. The van der Waals surface area contributed by atoms with Gasteiger partial charge >= 0.3 is 0 Å². The topological polar surface area (TPSA) is 91.9 Å². The maximum atomic E-state index is 10.6. The van der Waals surface area contributed by atoms with Crippen molar-refractivity contribution in [2.45, 2.75) is 13.3 Å². The van der Waals surface area contributed by atoms with Crippen LogP contribution in [-0.4, -0.2) is 11.5 Å². The molecule has 0 N–H and O–H groups in total. The molecule has 0 aromatic heterocycles. The van der Waals surface area contributed by atoms with E-state index in [0.29, 0.717) is 18.5 Å². The molecule has 0 saturated carbocycles. The van der Waals surface area contributed by atoms with Crippen molar-refractivity contribution < 1.29 is 4.92 Å². The average molecular weight is 230 g/mol. The first-order valence-corrected chi connectivity index (χ1v) is 4.90. The van der Waals surface area contributed by atoms with Crippen LogP contribution in [0.25, 0.3) is 10.4 Å². The van der Waals surface area contributed by atoms with Gasteiger partial charge in [-0.15, -0.1) is 0 Å². The van der Waals surface area contributed by atoms with E-state index >= 15 is 0 Å². The molecule has 6 heteroatoms. The minimum absolute atomic E-state index is 0.0231. The van der Waals surface area contributed by atoms with Gasteiger partial charge in [0.25, 0.3) is 5.69 Å². The van der Waals surface area contributed by atoms with Crippen molar-refractivity contribution in [1.29, 1.82) is 0 Å². The van der Waals surface area contributed by atoms with Crippen molar-refractivity contribution in [3.63, 3.8) is 0 Å². The molecule has 0 atom stereocenters. The van der Waals surface area contributed by atoms with E-state index in [1.54, 1.807) is 6.07 Å². The fraction of sp³-hybridized carbons (Fsp3) is 0.273. The van der Waals surface area contributed by atoms with E-state index in [2.05, 4.69) is 21.9 Å². The van der Waals surface area contributed by atoms with Gasteiger partial charge in [-0.25, -0.2) is 0 Å². The third-order valence-electron chi connectivity index (χ3n) is 2.06. The normalized spacial score (nSPS) is 8.76. The highest BCUT2D eigenvalue weighted by Crippen LogP contribution is 2.16. The van der Waals surface area contributed by atoms with Crippen LogP contribution >= 0.6 is 0 Å². The molecule has 86 valence electrons. The summed E-state index contributed by atoms with van der Waals surface area (Å²) < 4.78 is 0. The van der Waals surface area contributed by atoms with Gasteiger partial charge in [-0.1, -0.05) is 23.0 Å². The first kappa shape index (κ1) is 12.6. The minimum atomic E-state index is -0.454. The number of aryl methyl sites for hydroxylation is 1. The van der Waals surface area contributed by atoms with Gasteiger partial charge in [-0.3, -0.25) is 10.1 Å². The van der Waals surface area contributed by atoms with E-state index in [9.17, 15) is 10.1 Å². The molecular weight excluding hydrogens is 220 g/mol. The largest absolute Gasteiger partial charge is 0.270 e. The van der Waals surface area contributed by atoms with Gasteiger partial charge in [-0.05, 0) is 18.0 Å². The highest BCUT2D eigenvalue weighted by atomic mass is 16.6. The van der Waals surface area contributed by atoms with E-state index in [1.807, 2.05) is 6.92 Å². The Kier molecular flexibility index (Phi) is 4.55. The van der Waals surface area contributed by atoms with E-state index < -0.39 is 4.92 Å². The van der Waals surface area contributed by atoms with Crippen LogP contribution in [0.3, 0.4) is 0 Å². The summed E-state index contributed by atoms with van der Waals surface area (Å²) >= 11 is 0. The number of azide groups is 1. The molecule has 0 amide bonds. The van der Waals surface area contributed by atoms with Crippen molar-refractivity contribution in [2.24, 2.45) is 5.11 Å². The third-order valence-corrected chi connectivity index (χ3v) is 2.06. The molecule has 0 aliphatic heterocycles.